The zero-order chi connectivity index (χ0) is 18.8. The number of para-hydroxylation sites is 1. The van der Waals surface area contributed by atoms with Crippen LogP contribution >= 0.6 is 0 Å². The first-order valence-electron chi connectivity index (χ1n) is 8.69. The standard InChI is InChI=1S/C21H14N6O/c1-5-15-7-2-11-22-19(15)16(6-1)9-10-18-25-21(26-28-18)20-17(8-3-12-23-20)27-14-4-13-24-27/h1-14H/b10-9+. The molecule has 134 valence electrons. The molecule has 0 radical (unpaired) electrons. The van der Waals surface area contributed by atoms with Gasteiger partial charge < -0.3 is 4.52 Å². The summed E-state index contributed by atoms with van der Waals surface area (Å²) in [5.41, 5.74) is 3.28. The number of hydrogen-bond acceptors (Lipinski definition) is 6. The van der Waals surface area contributed by atoms with Crippen molar-refractivity contribution in [3.05, 3.63) is 84.8 Å². The second-order valence-corrected chi connectivity index (χ2v) is 6.03. The first kappa shape index (κ1) is 16.1. The van der Waals surface area contributed by atoms with Gasteiger partial charge in [-0.2, -0.15) is 10.1 Å². The van der Waals surface area contributed by atoms with E-state index in [9.17, 15) is 0 Å². The zero-order valence-corrected chi connectivity index (χ0v) is 14.7. The lowest BCUT2D eigenvalue weighted by Crippen LogP contribution is -1.99. The van der Waals surface area contributed by atoms with Gasteiger partial charge in [-0.1, -0.05) is 29.4 Å². The summed E-state index contributed by atoms with van der Waals surface area (Å²) in [6.07, 6.45) is 10.7. The van der Waals surface area contributed by atoms with Crippen LogP contribution in [0.25, 0.3) is 40.3 Å². The number of nitrogens with zero attached hydrogens (tertiary/aromatic N) is 6. The summed E-state index contributed by atoms with van der Waals surface area (Å²) in [5.74, 6) is 0.793. The van der Waals surface area contributed by atoms with Crippen molar-refractivity contribution < 1.29 is 4.52 Å². The van der Waals surface area contributed by atoms with E-state index in [1.54, 1.807) is 29.3 Å². The van der Waals surface area contributed by atoms with Crippen LogP contribution in [-0.4, -0.2) is 29.9 Å². The Morgan fingerprint density at radius 3 is 2.68 bits per heavy atom. The fraction of sp³-hybridized carbons (Fsp3) is 0. The third-order valence-corrected chi connectivity index (χ3v) is 4.26. The smallest absolute Gasteiger partial charge is 0.251 e. The van der Waals surface area contributed by atoms with E-state index in [2.05, 4.69) is 25.2 Å². The lowest BCUT2D eigenvalue weighted by atomic mass is 10.1. The molecule has 0 aliphatic rings. The lowest BCUT2D eigenvalue weighted by molar-refractivity contribution is 0.411. The molecule has 5 rings (SSSR count). The van der Waals surface area contributed by atoms with Crippen LogP contribution in [0.4, 0.5) is 0 Å². The highest BCUT2D eigenvalue weighted by molar-refractivity contribution is 5.89. The van der Waals surface area contributed by atoms with E-state index < -0.39 is 0 Å². The summed E-state index contributed by atoms with van der Waals surface area (Å²) in [6, 6.07) is 15.6. The van der Waals surface area contributed by atoms with Crippen molar-refractivity contribution in [3.8, 4) is 17.2 Å². The van der Waals surface area contributed by atoms with Crippen LogP contribution in [0.1, 0.15) is 11.5 Å². The average Bonchev–Trinajstić information content (AvgIpc) is 3.44. The maximum atomic E-state index is 5.39. The first-order valence-corrected chi connectivity index (χ1v) is 8.69. The quantitative estimate of drug-likeness (QED) is 0.477. The minimum Gasteiger partial charge on any atom is -0.334 e. The third-order valence-electron chi connectivity index (χ3n) is 4.26. The Kier molecular flexibility index (Phi) is 3.95. The molecule has 0 aliphatic carbocycles. The van der Waals surface area contributed by atoms with Gasteiger partial charge in [0.1, 0.15) is 5.69 Å². The fourth-order valence-corrected chi connectivity index (χ4v) is 2.99. The molecule has 0 atom stereocenters. The van der Waals surface area contributed by atoms with E-state index in [-0.39, 0.29) is 0 Å². The molecule has 5 aromatic rings. The second kappa shape index (κ2) is 6.88. The maximum absolute atomic E-state index is 5.39. The molecule has 1 aromatic carbocycles. The van der Waals surface area contributed by atoms with E-state index in [1.165, 1.54) is 0 Å². The highest BCUT2D eigenvalue weighted by Gasteiger charge is 2.14. The Bertz CT molecular complexity index is 1270. The molecule has 0 saturated carbocycles. The van der Waals surface area contributed by atoms with Crippen LogP contribution in [-0.2, 0) is 0 Å². The van der Waals surface area contributed by atoms with Gasteiger partial charge in [-0.15, -0.1) is 0 Å². The van der Waals surface area contributed by atoms with Gasteiger partial charge in [0, 0.05) is 41.8 Å². The van der Waals surface area contributed by atoms with Crippen molar-refractivity contribution >= 4 is 23.1 Å². The van der Waals surface area contributed by atoms with Gasteiger partial charge in [0.25, 0.3) is 5.89 Å². The lowest BCUT2D eigenvalue weighted by Gasteiger charge is -2.04. The van der Waals surface area contributed by atoms with Gasteiger partial charge in [0.2, 0.25) is 5.82 Å². The molecule has 4 aromatic heterocycles. The van der Waals surface area contributed by atoms with Crippen LogP contribution in [0.2, 0.25) is 0 Å². The Labute approximate surface area is 160 Å². The van der Waals surface area contributed by atoms with Crippen molar-refractivity contribution in [2.75, 3.05) is 0 Å². The summed E-state index contributed by atoms with van der Waals surface area (Å²) >= 11 is 0. The van der Waals surface area contributed by atoms with Gasteiger partial charge in [0.05, 0.1) is 11.2 Å². The molecule has 7 nitrogen and oxygen atoms in total. The predicted octanol–water partition coefficient (Wildman–Crippen LogP) is 4.04. The van der Waals surface area contributed by atoms with Crippen LogP contribution in [0.5, 0.6) is 0 Å². The summed E-state index contributed by atoms with van der Waals surface area (Å²) < 4.78 is 7.11. The van der Waals surface area contributed by atoms with Gasteiger partial charge in [-0.25, -0.2) is 4.68 Å². The van der Waals surface area contributed by atoms with E-state index in [0.29, 0.717) is 17.4 Å². The molecule has 0 saturated heterocycles. The van der Waals surface area contributed by atoms with E-state index in [4.69, 9.17) is 4.52 Å². The largest absolute Gasteiger partial charge is 0.334 e. The van der Waals surface area contributed by atoms with Crippen LogP contribution in [0.15, 0.2) is 77.8 Å². The van der Waals surface area contributed by atoms with Crippen LogP contribution < -0.4 is 0 Å². The van der Waals surface area contributed by atoms with Gasteiger partial charge in [-0.05, 0) is 30.3 Å². The number of fused-ring (bicyclic) bond motifs is 1. The molecule has 0 aliphatic heterocycles. The van der Waals surface area contributed by atoms with Gasteiger partial charge >= 0.3 is 0 Å². The molecule has 28 heavy (non-hydrogen) atoms. The average molecular weight is 366 g/mol. The molecule has 0 fully saturated rings. The molecule has 7 heteroatoms. The minimum absolute atomic E-state index is 0.389. The summed E-state index contributed by atoms with van der Waals surface area (Å²) in [5, 5.41) is 9.41. The first-order chi connectivity index (χ1) is 13.9. The zero-order valence-electron chi connectivity index (χ0n) is 14.7. The maximum Gasteiger partial charge on any atom is 0.251 e. The van der Waals surface area contributed by atoms with Crippen LogP contribution in [0.3, 0.4) is 0 Å². The molecule has 0 unspecified atom stereocenters. The summed E-state index contributed by atoms with van der Waals surface area (Å²) in [6.45, 7) is 0. The number of hydrogen-bond donors (Lipinski definition) is 0. The highest BCUT2D eigenvalue weighted by atomic mass is 16.5. The topological polar surface area (TPSA) is 82.5 Å². The van der Waals surface area contributed by atoms with E-state index in [1.807, 2.05) is 60.8 Å². The van der Waals surface area contributed by atoms with Crippen molar-refractivity contribution in [1.82, 2.24) is 29.9 Å². The Hall–Kier alpha value is -4.13. The monoisotopic (exact) mass is 366 g/mol. The van der Waals surface area contributed by atoms with Gasteiger partial charge in [0.15, 0.2) is 0 Å². The fourth-order valence-electron chi connectivity index (χ4n) is 2.99. The predicted molar refractivity (Wildman–Crippen MR) is 105 cm³/mol. The second-order valence-electron chi connectivity index (χ2n) is 6.03. The van der Waals surface area contributed by atoms with Crippen LogP contribution in [0, 0.1) is 0 Å². The molecular formula is C21H14N6O. The number of aromatic nitrogens is 6. The molecule has 0 amide bonds. The molecule has 0 N–H and O–H groups in total. The molecule has 4 heterocycles. The van der Waals surface area contributed by atoms with E-state index >= 15 is 0 Å². The number of rotatable bonds is 4. The van der Waals surface area contributed by atoms with Crippen molar-refractivity contribution in [2.45, 2.75) is 0 Å². The van der Waals surface area contributed by atoms with Crippen molar-refractivity contribution in [3.63, 3.8) is 0 Å². The SMILES string of the molecule is C(=C\c1cccc2cccnc12)/c1nc(-c2ncccc2-n2cccn2)no1. The number of pyridine rings is 2. The third kappa shape index (κ3) is 2.95. The summed E-state index contributed by atoms with van der Waals surface area (Å²) in [7, 11) is 0. The van der Waals surface area contributed by atoms with Crippen molar-refractivity contribution in [2.24, 2.45) is 0 Å². The Morgan fingerprint density at radius 1 is 0.857 bits per heavy atom. The highest BCUT2D eigenvalue weighted by Crippen LogP contribution is 2.22. The molecule has 0 spiro atoms. The van der Waals surface area contributed by atoms with Gasteiger partial charge in [-0.3, -0.25) is 9.97 Å². The Balaban J connectivity index is 1.49. The van der Waals surface area contributed by atoms with E-state index in [0.717, 1.165) is 22.2 Å². The Morgan fingerprint density at radius 2 is 1.75 bits per heavy atom. The summed E-state index contributed by atoms with van der Waals surface area (Å²) in [4.78, 5) is 13.3. The normalized spacial score (nSPS) is 11.4. The molecule has 0 bridgehead atoms. The minimum atomic E-state index is 0.389. The number of benzene rings is 1. The van der Waals surface area contributed by atoms with Crippen molar-refractivity contribution in [1.29, 1.82) is 0 Å². The molecular weight excluding hydrogens is 352 g/mol.